The average molecular weight is 390 g/mol. The number of hydrogen-bond donors (Lipinski definition) is 2. The van der Waals surface area contributed by atoms with Crippen molar-refractivity contribution in [1.82, 2.24) is 15.0 Å². The lowest BCUT2D eigenvalue weighted by molar-refractivity contribution is 0.242. The third kappa shape index (κ3) is 3.83. The Balaban J connectivity index is 1.46. The molecule has 152 valence electrons. The molecule has 5 heteroatoms. The second-order valence-electron chi connectivity index (χ2n) is 8.64. The number of H-pyrrole nitrogens is 1. The van der Waals surface area contributed by atoms with Crippen LogP contribution >= 0.6 is 0 Å². The lowest BCUT2D eigenvalue weighted by Crippen LogP contribution is -2.47. The van der Waals surface area contributed by atoms with Crippen molar-refractivity contribution in [3.05, 3.63) is 42.2 Å². The van der Waals surface area contributed by atoms with Crippen LogP contribution in [0.25, 0.3) is 10.9 Å². The highest BCUT2D eigenvalue weighted by Gasteiger charge is 2.34. The van der Waals surface area contributed by atoms with E-state index in [0.29, 0.717) is 6.04 Å². The molecule has 2 fully saturated rings. The first-order valence-electron chi connectivity index (χ1n) is 11.3. The van der Waals surface area contributed by atoms with Crippen LogP contribution in [0.2, 0.25) is 0 Å². The Morgan fingerprint density at radius 3 is 2.90 bits per heavy atom. The summed E-state index contributed by atoms with van der Waals surface area (Å²) in [6.07, 6.45) is 12.2. The van der Waals surface area contributed by atoms with E-state index in [-0.39, 0.29) is 0 Å². The molecule has 2 unspecified atom stereocenters. The van der Waals surface area contributed by atoms with Gasteiger partial charge in [-0.1, -0.05) is 26.2 Å². The summed E-state index contributed by atoms with van der Waals surface area (Å²) in [4.78, 5) is 15.7. The maximum Gasteiger partial charge on any atom is 0.229 e. The van der Waals surface area contributed by atoms with E-state index in [2.05, 4.69) is 52.5 Å². The minimum absolute atomic E-state index is 0.658. The van der Waals surface area contributed by atoms with Gasteiger partial charge < -0.3 is 15.2 Å². The Morgan fingerprint density at radius 1 is 1.07 bits per heavy atom. The largest absolute Gasteiger partial charge is 0.361 e. The van der Waals surface area contributed by atoms with Crippen molar-refractivity contribution >= 4 is 28.4 Å². The second-order valence-corrected chi connectivity index (χ2v) is 8.64. The second kappa shape index (κ2) is 8.05. The van der Waals surface area contributed by atoms with Gasteiger partial charge in [0.05, 0.1) is 0 Å². The molecule has 3 heterocycles. The predicted molar refractivity (Wildman–Crippen MR) is 120 cm³/mol. The number of nitrogens with zero attached hydrogens (tertiary/aromatic N) is 3. The lowest BCUT2D eigenvalue weighted by Gasteiger charge is -2.44. The number of nitrogens with one attached hydrogen (secondary N) is 2. The molecule has 0 bridgehead atoms. The van der Waals surface area contributed by atoms with Gasteiger partial charge in [-0.25, -0.2) is 4.98 Å². The number of piperidine rings is 1. The molecule has 1 saturated heterocycles. The summed E-state index contributed by atoms with van der Waals surface area (Å²) in [6.45, 7) is 3.34. The normalized spacial score (nSPS) is 21.9. The van der Waals surface area contributed by atoms with Crippen molar-refractivity contribution in [1.29, 1.82) is 0 Å². The van der Waals surface area contributed by atoms with Gasteiger partial charge in [-0.3, -0.25) is 0 Å². The number of anilines is 3. The minimum Gasteiger partial charge on any atom is -0.361 e. The fourth-order valence-electron chi connectivity index (χ4n) is 5.24. The first-order chi connectivity index (χ1) is 14.3. The van der Waals surface area contributed by atoms with Crippen LogP contribution in [0.5, 0.6) is 0 Å². The van der Waals surface area contributed by atoms with Crippen LogP contribution in [0.4, 0.5) is 17.5 Å². The Morgan fingerprint density at radius 2 is 1.97 bits per heavy atom. The first kappa shape index (κ1) is 18.5. The smallest absolute Gasteiger partial charge is 0.229 e. The number of benzene rings is 1. The molecule has 2 N–H and O–H groups in total. The molecule has 1 aliphatic heterocycles. The number of aromatic amines is 1. The van der Waals surface area contributed by atoms with Gasteiger partial charge in [0, 0.05) is 47.1 Å². The lowest BCUT2D eigenvalue weighted by atomic mass is 9.78. The van der Waals surface area contributed by atoms with Crippen molar-refractivity contribution in [3.63, 3.8) is 0 Å². The highest BCUT2D eigenvalue weighted by Crippen LogP contribution is 2.37. The zero-order valence-corrected chi connectivity index (χ0v) is 17.3. The summed E-state index contributed by atoms with van der Waals surface area (Å²) in [5.74, 6) is 2.68. The van der Waals surface area contributed by atoms with Crippen LogP contribution in [-0.2, 0) is 6.42 Å². The third-order valence-electron chi connectivity index (χ3n) is 6.62. The maximum atomic E-state index is 4.99. The monoisotopic (exact) mass is 389 g/mol. The molecular weight excluding hydrogens is 358 g/mol. The van der Waals surface area contributed by atoms with Gasteiger partial charge in [0.1, 0.15) is 5.82 Å². The van der Waals surface area contributed by atoms with Crippen molar-refractivity contribution < 1.29 is 0 Å². The Kier molecular flexibility index (Phi) is 5.13. The van der Waals surface area contributed by atoms with E-state index in [9.17, 15) is 0 Å². The summed E-state index contributed by atoms with van der Waals surface area (Å²) < 4.78 is 0. The first-order valence-corrected chi connectivity index (χ1v) is 11.3. The van der Waals surface area contributed by atoms with Crippen molar-refractivity contribution in [3.8, 4) is 0 Å². The molecule has 1 aromatic carbocycles. The SMILES string of the molecule is CCCc1cc(N2CCCC3CCCCC32)nc(Nc2ccc3[nH]ccc3c2)n1. The highest BCUT2D eigenvalue weighted by atomic mass is 15.3. The fourth-order valence-corrected chi connectivity index (χ4v) is 5.24. The number of rotatable bonds is 5. The number of fused-ring (bicyclic) bond motifs is 2. The minimum atomic E-state index is 0.658. The van der Waals surface area contributed by atoms with Crippen LogP contribution in [0.3, 0.4) is 0 Å². The summed E-state index contributed by atoms with van der Waals surface area (Å²) in [6, 6.07) is 11.3. The van der Waals surface area contributed by atoms with Crippen LogP contribution in [0.15, 0.2) is 36.5 Å². The van der Waals surface area contributed by atoms with E-state index in [1.807, 2.05) is 6.20 Å². The Labute approximate surface area is 172 Å². The molecule has 3 aromatic rings. The molecule has 2 aliphatic rings. The van der Waals surface area contributed by atoms with Gasteiger partial charge in [-0.2, -0.15) is 4.98 Å². The summed E-state index contributed by atoms with van der Waals surface area (Å²) in [5, 5.41) is 4.67. The van der Waals surface area contributed by atoms with E-state index in [0.717, 1.165) is 54.0 Å². The molecule has 29 heavy (non-hydrogen) atoms. The van der Waals surface area contributed by atoms with Gasteiger partial charge in [-0.15, -0.1) is 0 Å². The Bertz CT molecular complexity index is 976. The molecule has 1 aliphatic carbocycles. The molecule has 2 atom stereocenters. The van der Waals surface area contributed by atoms with Gasteiger partial charge >= 0.3 is 0 Å². The standard InChI is InChI=1S/C24H31N5/c1-2-6-19-16-23(29-14-5-8-17-7-3-4-9-22(17)29)28-24(26-19)27-20-10-11-21-18(15-20)12-13-25-21/h10-13,15-17,22,25H,2-9,14H2,1H3,(H,26,27,28). The molecule has 5 nitrogen and oxygen atoms in total. The van der Waals surface area contributed by atoms with Gasteiger partial charge in [-0.05, 0) is 62.3 Å². The van der Waals surface area contributed by atoms with E-state index in [4.69, 9.17) is 9.97 Å². The van der Waals surface area contributed by atoms with Crippen molar-refractivity contribution in [2.45, 2.75) is 64.3 Å². The molecule has 2 aromatic heterocycles. The fraction of sp³-hybridized carbons (Fsp3) is 0.500. The third-order valence-corrected chi connectivity index (χ3v) is 6.62. The summed E-state index contributed by atoms with van der Waals surface area (Å²) in [7, 11) is 0. The molecule has 0 spiro atoms. The van der Waals surface area contributed by atoms with Crippen LogP contribution < -0.4 is 10.2 Å². The predicted octanol–water partition coefficient (Wildman–Crippen LogP) is 5.81. The summed E-state index contributed by atoms with van der Waals surface area (Å²) in [5.41, 5.74) is 3.32. The number of aryl methyl sites for hydroxylation is 1. The zero-order chi connectivity index (χ0) is 19.6. The van der Waals surface area contributed by atoms with E-state index < -0.39 is 0 Å². The topological polar surface area (TPSA) is 56.8 Å². The Hall–Kier alpha value is -2.56. The average Bonchev–Trinajstić information content (AvgIpc) is 3.21. The zero-order valence-electron chi connectivity index (χ0n) is 17.3. The number of aromatic nitrogens is 3. The van der Waals surface area contributed by atoms with E-state index in [1.54, 1.807) is 0 Å². The molecule has 1 saturated carbocycles. The molecule has 0 radical (unpaired) electrons. The van der Waals surface area contributed by atoms with Gasteiger partial charge in [0.2, 0.25) is 5.95 Å². The maximum absolute atomic E-state index is 4.99. The van der Waals surface area contributed by atoms with Crippen LogP contribution in [-0.4, -0.2) is 27.5 Å². The van der Waals surface area contributed by atoms with Crippen LogP contribution in [0.1, 0.15) is 57.6 Å². The number of hydrogen-bond acceptors (Lipinski definition) is 4. The van der Waals surface area contributed by atoms with Crippen LogP contribution in [0, 0.1) is 5.92 Å². The molecular formula is C24H31N5. The molecule has 0 amide bonds. The van der Waals surface area contributed by atoms with E-state index >= 15 is 0 Å². The van der Waals surface area contributed by atoms with Gasteiger partial charge in [0.25, 0.3) is 0 Å². The quantitative estimate of drug-likeness (QED) is 0.578. The summed E-state index contributed by atoms with van der Waals surface area (Å²) >= 11 is 0. The van der Waals surface area contributed by atoms with Crippen molar-refractivity contribution in [2.75, 3.05) is 16.8 Å². The molecule has 5 rings (SSSR count). The van der Waals surface area contributed by atoms with E-state index in [1.165, 1.54) is 43.9 Å². The highest BCUT2D eigenvalue weighted by molar-refractivity contribution is 5.83. The van der Waals surface area contributed by atoms with Crippen molar-refractivity contribution in [2.24, 2.45) is 5.92 Å². The van der Waals surface area contributed by atoms with Gasteiger partial charge in [0.15, 0.2) is 0 Å².